The molecule has 1 saturated heterocycles. The Kier molecular flexibility index (Phi) is 7.43. The fourth-order valence-electron chi connectivity index (χ4n) is 4.58. The van der Waals surface area contributed by atoms with Crippen molar-refractivity contribution in [1.29, 1.82) is 0 Å². The largest absolute Gasteiger partial charge is 0.484 e. The number of nitrogens with zero attached hydrogens (tertiary/aromatic N) is 1. The van der Waals surface area contributed by atoms with Gasteiger partial charge in [0.25, 0.3) is 5.91 Å². The lowest BCUT2D eigenvalue weighted by Gasteiger charge is -2.48. The molecule has 0 bridgehead atoms. The van der Waals surface area contributed by atoms with Gasteiger partial charge in [0.15, 0.2) is 18.4 Å². The highest BCUT2D eigenvalue weighted by Gasteiger charge is 2.46. The van der Waals surface area contributed by atoms with Gasteiger partial charge >= 0.3 is 0 Å². The molecule has 0 saturated carbocycles. The van der Waals surface area contributed by atoms with Gasteiger partial charge in [-0.15, -0.1) is 0 Å². The summed E-state index contributed by atoms with van der Waals surface area (Å²) in [6, 6.07) is 12.1. The average Bonchev–Trinajstić information content (AvgIpc) is 2.79. The molecule has 2 aliphatic rings. The number of piperidine rings is 1. The van der Waals surface area contributed by atoms with Gasteiger partial charge < -0.3 is 23.8 Å². The Hall–Kier alpha value is -2.64. The molecule has 1 amide bonds. The first-order valence-electron chi connectivity index (χ1n) is 12.0. The molecular formula is C27H34FNO5. The maximum Gasteiger partial charge on any atom is 0.255 e. The molecule has 2 aliphatic heterocycles. The first kappa shape index (κ1) is 24.5. The summed E-state index contributed by atoms with van der Waals surface area (Å²) in [6.07, 6.45) is 2.20. The topological polar surface area (TPSA) is 57.2 Å². The van der Waals surface area contributed by atoms with Crippen molar-refractivity contribution in [1.82, 2.24) is 4.90 Å². The Morgan fingerprint density at radius 1 is 1.12 bits per heavy atom. The number of likely N-dealkylation sites (tertiary alicyclic amines) is 1. The summed E-state index contributed by atoms with van der Waals surface area (Å²) >= 11 is 0. The maximum absolute atomic E-state index is 14.5. The fraction of sp³-hybridized carbons (Fsp3) is 0.519. The molecule has 1 spiro atoms. The summed E-state index contributed by atoms with van der Waals surface area (Å²) in [5.41, 5.74) is 0.914. The molecule has 2 unspecified atom stereocenters. The van der Waals surface area contributed by atoms with Gasteiger partial charge in [0, 0.05) is 24.9 Å². The van der Waals surface area contributed by atoms with E-state index < -0.39 is 11.8 Å². The van der Waals surface area contributed by atoms with Crippen LogP contribution >= 0.6 is 0 Å². The number of rotatable bonds is 7. The van der Waals surface area contributed by atoms with Crippen LogP contribution in [0, 0.1) is 5.82 Å². The van der Waals surface area contributed by atoms with Gasteiger partial charge in [-0.3, -0.25) is 4.79 Å². The minimum absolute atomic E-state index is 0.0696. The lowest BCUT2D eigenvalue weighted by Crippen LogP contribution is -2.57. The monoisotopic (exact) mass is 471 g/mol. The number of para-hydroxylation sites is 1. The zero-order chi connectivity index (χ0) is 24.3. The standard InChI is InChI=1S/C27H34FNO5/c1-18(2)31-17-32-22-10-8-21(9-11-22)26(30)29-15-14-27(16-24(29)33-19(3)4)13-12-20-6-5-7-23(28)25(20)34-27/h5-11,18-19,24H,12-17H2,1-4H3. The van der Waals surface area contributed by atoms with Crippen molar-refractivity contribution >= 4 is 5.91 Å². The number of carbonyl (C=O) groups excluding carboxylic acids is 1. The van der Waals surface area contributed by atoms with Crippen molar-refractivity contribution in [3.8, 4) is 11.5 Å². The summed E-state index contributed by atoms with van der Waals surface area (Å²) in [7, 11) is 0. The van der Waals surface area contributed by atoms with Crippen molar-refractivity contribution in [3.63, 3.8) is 0 Å². The van der Waals surface area contributed by atoms with Gasteiger partial charge in [-0.2, -0.15) is 0 Å². The van der Waals surface area contributed by atoms with Gasteiger partial charge in [0.1, 0.15) is 17.6 Å². The summed E-state index contributed by atoms with van der Waals surface area (Å²) in [4.78, 5) is 15.2. The molecule has 2 aromatic rings. The van der Waals surface area contributed by atoms with Crippen LogP contribution in [0.2, 0.25) is 0 Å². The predicted molar refractivity (Wildman–Crippen MR) is 127 cm³/mol. The van der Waals surface area contributed by atoms with E-state index in [1.165, 1.54) is 6.07 Å². The van der Waals surface area contributed by atoms with Crippen molar-refractivity contribution in [2.45, 2.75) is 77.4 Å². The Morgan fingerprint density at radius 2 is 1.88 bits per heavy atom. The number of hydrogen-bond donors (Lipinski definition) is 0. The molecule has 0 aromatic heterocycles. The van der Waals surface area contributed by atoms with E-state index in [1.54, 1.807) is 35.2 Å². The van der Waals surface area contributed by atoms with Gasteiger partial charge in [0.2, 0.25) is 0 Å². The number of carbonyl (C=O) groups is 1. The van der Waals surface area contributed by atoms with E-state index in [0.29, 0.717) is 36.4 Å². The van der Waals surface area contributed by atoms with Crippen LogP contribution in [0.4, 0.5) is 4.39 Å². The van der Waals surface area contributed by atoms with Crippen LogP contribution in [0.15, 0.2) is 42.5 Å². The smallest absolute Gasteiger partial charge is 0.255 e. The van der Waals surface area contributed by atoms with E-state index in [9.17, 15) is 9.18 Å². The fourth-order valence-corrected chi connectivity index (χ4v) is 4.58. The Labute approximate surface area is 200 Å². The predicted octanol–water partition coefficient (Wildman–Crippen LogP) is 5.34. The second kappa shape index (κ2) is 10.3. The van der Waals surface area contributed by atoms with Crippen molar-refractivity contribution in [2.24, 2.45) is 0 Å². The van der Waals surface area contributed by atoms with E-state index in [-0.39, 0.29) is 30.7 Å². The first-order valence-corrected chi connectivity index (χ1v) is 12.0. The quantitative estimate of drug-likeness (QED) is 0.511. The van der Waals surface area contributed by atoms with Crippen molar-refractivity contribution < 1.29 is 28.1 Å². The zero-order valence-corrected chi connectivity index (χ0v) is 20.4. The van der Waals surface area contributed by atoms with Crippen LogP contribution in [0.25, 0.3) is 0 Å². The van der Waals surface area contributed by atoms with Crippen LogP contribution in [-0.2, 0) is 15.9 Å². The van der Waals surface area contributed by atoms with E-state index in [0.717, 1.165) is 18.4 Å². The molecule has 0 aliphatic carbocycles. The third-order valence-corrected chi connectivity index (χ3v) is 6.34. The number of ether oxygens (including phenoxy) is 4. The number of benzene rings is 2. The van der Waals surface area contributed by atoms with E-state index in [2.05, 4.69) is 0 Å². The number of halogens is 1. The molecule has 0 N–H and O–H groups in total. The minimum atomic E-state index is -0.542. The molecule has 2 aromatic carbocycles. The van der Waals surface area contributed by atoms with Crippen LogP contribution < -0.4 is 9.47 Å². The molecule has 34 heavy (non-hydrogen) atoms. The second-order valence-corrected chi connectivity index (χ2v) is 9.61. The van der Waals surface area contributed by atoms with Crippen LogP contribution in [-0.4, -0.2) is 48.2 Å². The molecule has 2 atom stereocenters. The van der Waals surface area contributed by atoms with Gasteiger partial charge in [-0.05, 0) is 76.4 Å². The molecule has 6 nitrogen and oxygen atoms in total. The lowest BCUT2D eigenvalue weighted by molar-refractivity contribution is -0.141. The average molecular weight is 472 g/mol. The number of amides is 1. The third-order valence-electron chi connectivity index (χ3n) is 6.34. The highest BCUT2D eigenvalue weighted by molar-refractivity contribution is 5.94. The summed E-state index contributed by atoms with van der Waals surface area (Å²) in [6.45, 7) is 8.42. The Balaban J connectivity index is 1.47. The van der Waals surface area contributed by atoms with Gasteiger partial charge in [0.05, 0.1) is 12.2 Å². The normalized spacial score (nSPS) is 22.1. The number of fused-ring (bicyclic) bond motifs is 1. The van der Waals surface area contributed by atoms with E-state index in [1.807, 2.05) is 33.8 Å². The highest BCUT2D eigenvalue weighted by atomic mass is 19.1. The minimum Gasteiger partial charge on any atom is -0.484 e. The lowest BCUT2D eigenvalue weighted by atomic mass is 9.82. The second-order valence-electron chi connectivity index (χ2n) is 9.61. The van der Waals surface area contributed by atoms with E-state index in [4.69, 9.17) is 18.9 Å². The Morgan fingerprint density at radius 3 is 2.59 bits per heavy atom. The molecular weight excluding hydrogens is 437 g/mol. The molecule has 7 heteroatoms. The van der Waals surface area contributed by atoms with Crippen molar-refractivity contribution in [2.75, 3.05) is 13.3 Å². The highest BCUT2D eigenvalue weighted by Crippen LogP contribution is 2.42. The molecule has 4 rings (SSSR count). The summed E-state index contributed by atoms with van der Waals surface area (Å²) in [5, 5.41) is 0. The van der Waals surface area contributed by atoms with Gasteiger partial charge in [-0.25, -0.2) is 4.39 Å². The summed E-state index contributed by atoms with van der Waals surface area (Å²) < 4.78 is 37.9. The zero-order valence-electron chi connectivity index (χ0n) is 20.4. The number of aryl methyl sites for hydroxylation is 1. The summed E-state index contributed by atoms with van der Waals surface area (Å²) in [5.74, 6) is 0.542. The molecule has 0 radical (unpaired) electrons. The van der Waals surface area contributed by atoms with Crippen molar-refractivity contribution in [3.05, 3.63) is 59.4 Å². The van der Waals surface area contributed by atoms with Crippen LogP contribution in [0.5, 0.6) is 11.5 Å². The first-order chi connectivity index (χ1) is 16.3. The molecule has 1 fully saturated rings. The van der Waals surface area contributed by atoms with Crippen LogP contribution in [0.3, 0.4) is 0 Å². The van der Waals surface area contributed by atoms with E-state index >= 15 is 0 Å². The van der Waals surface area contributed by atoms with Crippen LogP contribution in [0.1, 0.15) is 62.9 Å². The maximum atomic E-state index is 14.5. The van der Waals surface area contributed by atoms with Gasteiger partial charge in [-0.1, -0.05) is 12.1 Å². The third kappa shape index (κ3) is 5.53. The number of hydrogen-bond acceptors (Lipinski definition) is 5. The Bertz CT molecular complexity index is 993. The SMILES string of the molecule is CC(C)OCOc1ccc(C(=O)N2CCC3(CCc4cccc(F)c4O3)CC2OC(C)C)cc1. The molecule has 184 valence electrons. The molecule has 2 heterocycles.